The predicted octanol–water partition coefficient (Wildman–Crippen LogP) is 1.82. The van der Waals surface area contributed by atoms with E-state index in [0.29, 0.717) is 18.5 Å². The summed E-state index contributed by atoms with van der Waals surface area (Å²) in [7, 11) is 0. The topological polar surface area (TPSA) is 82.3 Å². The summed E-state index contributed by atoms with van der Waals surface area (Å²) in [5.41, 5.74) is 1.95. The van der Waals surface area contributed by atoms with Gasteiger partial charge >= 0.3 is 0 Å². The van der Waals surface area contributed by atoms with Gasteiger partial charge in [0.05, 0.1) is 5.56 Å². The second-order valence-corrected chi connectivity index (χ2v) is 5.80. The van der Waals surface area contributed by atoms with E-state index in [2.05, 4.69) is 10.3 Å². The lowest BCUT2D eigenvalue weighted by Crippen LogP contribution is -2.35. The molecule has 2 amide bonds. The number of nitrogens with one attached hydrogen (secondary N) is 2. The average molecular weight is 325 g/mol. The van der Waals surface area contributed by atoms with Crippen molar-refractivity contribution in [2.24, 2.45) is 0 Å². The first kappa shape index (κ1) is 16.0. The van der Waals surface area contributed by atoms with Crippen LogP contribution in [0.4, 0.5) is 5.69 Å². The Hall–Kier alpha value is -2.89. The van der Waals surface area contributed by atoms with Crippen LogP contribution in [0.5, 0.6) is 0 Å². The summed E-state index contributed by atoms with van der Waals surface area (Å²) in [6.45, 7) is 1.10. The van der Waals surface area contributed by atoms with Crippen LogP contribution in [0.25, 0.3) is 0 Å². The summed E-state index contributed by atoms with van der Waals surface area (Å²) >= 11 is 0. The first-order chi connectivity index (χ1) is 11.6. The number of benzene rings is 1. The number of hydrogen-bond donors (Lipinski definition) is 2. The van der Waals surface area contributed by atoms with Crippen LogP contribution in [0.1, 0.15) is 35.2 Å². The molecule has 6 heteroatoms. The van der Waals surface area contributed by atoms with Crippen LogP contribution in [0.3, 0.4) is 0 Å². The Morgan fingerprint density at radius 2 is 2.04 bits per heavy atom. The number of anilines is 1. The summed E-state index contributed by atoms with van der Waals surface area (Å²) in [6.07, 6.45) is 3.94. The third kappa shape index (κ3) is 3.71. The number of aromatic amines is 1. The predicted molar refractivity (Wildman–Crippen MR) is 90.9 cm³/mol. The van der Waals surface area contributed by atoms with Crippen LogP contribution in [0, 0.1) is 0 Å². The molecule has 0 bridgehead atoms. The van der Waals surface area contributed by atoms with Gasteiger partial charge in [-0.2, -0.15) is 0 Å². The molecule has 1 aliphatic heterocycles. The summed E-state index contributed by atoms with van der Waals surface area (Å²) in [4.78, 5) is 39.4. The van der Waals surface area contributed by atoms with Crippen molar-refractivity contribution in [2.75, 3.05) is 11.4 Å². The molecule has 2 N–H and O–H groups in total. The molecule has 0 saturated carbocycles. The van der Waals surface area contributed by atoms with E-state index in [-0.39, 0.29) is 17.4 Å². The van der Waals surface area contributed by atoms with Crippen LogP contribution >= 0.6 is 0 Å². The van der Waals surface area contributed by atoms with Gasteiger partial charge in [-0.3, -0.25) is 14.4 Å². The highest BCUT2D eigenvalue weighted by Gasteiger charge is 2.19. The molecule has 1 aliphatic rings. The maximum Gasteiger partial charge on any atom is 0.253 e. The van der Waals surface area contributed by atoms with E-state index in [1.54, 1.807) is 4.90 Å². The van der Waals surface area contributed by atoms with E-state index in [9.17, 15) is 14.4 Å². The number of pyridine rings is 1. The molecule has 1 aromatic heterocycles. The second-order valence-electron chi connectivity index (χ2n) is 5.80. The van der Waals surface area contributed by atoms with Gasteiger partial charge in [0.25, 0.3) is 5.91 Å². The van der Waals surface area contributed by atoms with Crippen molar-refractivity contribution in [2.45, 2.75) is 25.8 Å². The number of piperidine rings is 1. The molecule has 6 nitrogen and oxygen atoms in total. The van der Waals surface area contributed by atoms with Gasteiger partial charge in [0.2, 0.25) is 11.5 Å². The minimum atomic E-state index is -0.259. The lowest BCUT2D eigenvalue weighted by Gasteiger charge is -2.27. The quantitative estimate of drug-likeness (QED) is 0.899. The monoisotopic (exact) mass is 325 g/mol. The molecule has 0 unspecified atom stereocenters. The third-order valence-corrected chi connectivity index (χ3v) is 4.05. The highest BCUT2D eigenvalue weighted by molar-refractivity contribution is 5.94. The molecule has 2 heterocycles. The smallest absolute Gasteiger partial charge is 0.253 e. The number of carbonyl (C=O) groups is 2. The fourth-order valence-electron chi connectivity index (χ4n) is 2.75. The SMILES string of the molecule is O=C(NCc1cccc(N2CCCCC2=O)c1)c1ccc(=O)[nH]c1. The van der Waals surface area contributed by atoms with E-state index in [1.807, 2.05) is 24.3 Å². The van der Waals surface area contributed by atoms with E-state index in [0.717, 1.165) is 30.6 Å². The van der Waals surface area contributed by atoms with Crippen LogP contribution in [-0.2, 0) is 11.3 Å². The number of nitrogens with zero attached hydrogens (tertiary/aromatic N) is 1. The molecule has 1 fully saturated rings. The Kier molecular flexibility index (Phi) is 4.74. The van der Waals surface area contributed by atoms with Gasteiger partial charge in [-0.25, -0.2) is 0 Å². The van der Waals surface area contributed by atoms with Gasteiger partial charge in [-0.05, 0) is 36.6 Å². The maximum absolute atomic E-state index is 12.1. The van der Waals surface area contributed by atoms with Crippen molar-refractivity contribution < 1.29 is 9.59 Å². The van der Waals surface area contributed by atoms with Crippen LogP contribution < -0.4 is 15.8 Å². The number of amides is 2. The minimum absolute atomic E-state index is 0.149. The van der Waals surface area contributed by atoms with E-state index < -0.39 is 0 Å². The zero-order valence-corrected chi connectivity index (χ0v) is 13.2. The highest BCUT2D eigenvalue weighted by Crippen LogP contribution is 2.21. The van der Waals surface area contributed by atoms with Gasteiger partial charge in [0.15, 0.2) is 0 Å². The first-order valence-corrected chi connectivity index (χ1v) is 8.00. The van der Waals surface area contributed by atoms with Gasteiger partial charge < -0.3 is 15.2 Å². The summed E-state index contributed by atoms with van der Waals surface area (Å²) < 4.78 is 0. The van der Waals surface area contributed by atoms with Crippen molar-refractivity contribution in [3.8, 4) is 0 Å². The number of H-pyrrole nitrogens is 1. The Labute approximate surface area is 139 Å². The maximum atomic E-state index is 12.1. The van der Waals surface area contributed by atoms with E-state index >= 15 is 0 Å². The molecule has 0 radical (unpaired) electrons. The van der Waals surface area contributed by atoms with Gasteiger partial charge in [-0.1, -0.05) is 12.1 Å². The van der Waals surface area contributed by atoms with Crippen LogP contribution in [0.15, 0.2) is 47.4 Å². The third-order valence-electron chi connectivity index (χ3n) is 4.05. The molecular weight excluding hydrogens is 306 g/mol. The first-order valence-electron chi connectivity index (χ1n) is 8.00. The molecule has 1 saturated heterocycles. The van der Waals surface area contributed by atoms with Gasteiger partial charge in [0.1, 0.15) is 0 Å². The Morgan fingerprint density at radius 3 is 2.79 bits per heavy atom. The van der Waals surface area contributed by atoms with Crippen molar-refractivity contribution in [1.29, 1.82) is 0 Å². The van der Waals surface area contributed by atoms with Crippen molar-refractivity contribution >= 4 is 17.5 Å². The Bertz CT molecular complexity index is 793. The number of rotatable bonds is 4. The fourth-order valence-corrected chi connectivity index (χ4v) is 2.75. The zero-order valence-electron chi connectivity index (χ0n) is 13.2. The molecule has 0 aliphatic carbocycles. The van der Waals surface area contributed by atoms with E-state index in [1.165, 1.54) is 18.3 Å². The molecule has 1 aromatic carbocycles. The van der Waals surface area contributed by atoms with Gasteiger partial charge in [-0.15, -0.1) is 0 Å². The fraction of sp³-hybridized carbons (Fsp3) is 0.278. The molecule has 0 spiro atoms. The van der Waals surface area contributed by atoms with Crippen molar-refractivity contribution in [1.82, 2.24) is 10.3 Å². The number of hydrogen-bond acceptors (Lipinski definition) is 3. The summed E-state index contributed by atoms with van der Waals surface area (Å²) in [5.74, 6) is -0.110. The second kappa shape index (κ2) is 7.12. The number of carbonyl (C=O) groups excluding carboxylic acids is 2. The Morgan fingerprint density at radius 1 is 1.17 bits per heavy atom. The van der Waals surface area contributed by atoms with Crippen LogP contribution in [0.2, 0.25) is 0 Å². The summed E-state index contributed by atoms with van der Waals surface area (Å²) in [5, 5.41) is 2.81. The number of aromatic nitrogens is 1. The normalized spacial score (nSPS) is 14.5. The molecule has 0 atom stereocenters. The molecule has 3 rings (SSSR count). The van der Waals surface area contributed by atoms with Gasteiger partial charge in [0, 0.05) is 37.5 Å². The van der Waals surface area contributed by atoms with Crippen LogP contribution in [-0.4, -0.2) is 23.3 Å². The standard InChI is InChI=1S/C18H19N3O3/c22-16-8-7-14(12-19-16)18(24)20-11-13-4-3-5-15(10-13)21-9-2-1-6-17(21)23/h3-5,7-8,10,12H,1-2,6,9,11H2,(H,19,22)(H,20,24). The van der Waals surface area contributed by atoms with E-state index in [4.69, 9.17) is 0 Å². The molecular formula is C18H19N3O3. The zero-order chi connectivity index (χ0) is 16.9. The van der Waals surface area contributed by atoms with Crippen molar-refractivity contribution in [3.05, 3.63) is 64.1 Å². The molecule has 24 heavy (non-hydrogen) atoms. The summed E-state index contributed by atoms with van der Waals surface area (Å²) in [6, 6.07) is 10.4. The Balaban J connectivity index is 1.66. The highest BCUT2D eigenvalue weighted by atomic mass is 16.2. The molecule has 2 aromatic rings. The van der Waals surface area contributed by atoms with Crippen molar-refractivity contribution in [3.63, 3.8) is 0 Å². The average Bonchev–Trinajstić information content (AvgIpc) is 2.61. The largest absolute Gasteiger partial charge is 0.348 e. The lowest BCUT2D eigenvalue weighted by atomic mass is 10.1. The molecule has 124 valence electrons. The lowest BCUT2D eigenvalue weighted by molar-refractivity contribution is -0.119. The minimum Gasteiger partial charge on any atom is -0.348 e.